The van der Waals surface area contributed by atoms with E-state index >= 15 is 0 Å². The highest BCUT2D eigenvalue weighted by Gasteiger charge is 2.19. The Hall–Kier alpha value is -0.670. The summed E-state index contributed by atoms with van der Waals surface area (Å²) in [5.74, 6) is 0.270. The zero-order valence-electron chi connectivity index (χ0n) is 9.74. The topological polar surface area (TPSA) is 29.4 Å². The van der Waals surface area contributed by atoms with Crippen LogP contribution >= 0.6 is 11.6 Å². The molecule has 0 N–H and O–H groups in total. The molecule has 2 nitrogen and oxygen atoms in total. The lowest BCUT2D eigenvalue weighted by molar-refractivity contribution is 0.650. The first-order chi connectivity index (χ1) is 7.45. The van der Waals surface area contributed by atoms with Crippen LogP contribution in [-0.4, -0.2) is 20.5 Å². The first kappa shape index (κ1) is 13.4. The molecule has 0 saturated heterocycles. The highest BCUT2D eigenvalue weighted by atomic mass is 35.5. The van der Waals surface area contributed by atoms with Gasteiger partial charge in [-0.15, -0.1) is 11.6 Å². The SMILES string of the molecule is CC(C)(C)S(=O)/N=C(\CCl)c1ccccc1. The number of alkyl halides is 1. The molecule has 1 atom stereocenters. The molecular weight excluding hydrogens is 242 g/mol. The maximum absolute atomic E-state index is 11.9. The number of halogens is 1. The summed E-state index contributed by atoms with van der Waals surface area (Å²) >= 11 is 5.83. The first-order valence-corrected chi connectivity index (χ1v) is 6.70. The van der Waals surface area contributed by atoms with Crippen molar-refractivity contribution in [2.45, 2.75) is 25.5 Å². The average molecular weight is 258 g/mol. The van der Waals surface area contributed by atoms with Crippen molar-refractivity contribution in [3.63, 3.8) is 0 Å². The Labute approximate surface area is 104 Å². The summed E-state index contributed by atoms with van der Waals surface area (Å²) in [6, 6.07) is 9.59. The van der Waals surface area contributed by atoms with Crippen LogP contribution in [0.4, 0.5) is 0 Å². The van der Waals surface area contributed by atoms with Crippen molar-refractivity contribution in [3.05, 3.63) is 35.9 Å². The molecule has 1 aromatic rings. The van der Waals surface area contributed by atoms with E-state index in [4.69, 9.17) is 11.6 Å². The van der Waals surface area contributed by atoms with E-state index in [9.17, 15) is 4.21 Å². The third kappa shape index (κ3) is 3.72. The summed E-state index contributed by atoms with van der Waals surface area (Å²) < 4.78 is 15.7. The Balaban J connectivity index is 3.00. The number of rotatable bonds is 3. The minimum absolute atomic E-state index is 0.270. The Morgan fingerprint density at radius 1 is 1.31 bits per heavy atom. The highest BCUT2D eigenvalue weighted by Crippen LogP contribution is 2.14. The molecule has 16 heavy (non-hydrogen) atoms. The quantitative estimate of drug-likeness (QED) is 0.604. The fraction of sp³-hybridized carbons (Fsp3) is 0.417. The molecule has 0 radical (unpaired) electrons. The minimum Gasteiger partial charge on any atom is -0.234 e. The van der Waals surface area contributed by atoms with Gasteiger partial charge in [0.25, 0.3) is 0 Å². The van der Waals surface area contributed by atoms with Crippen LogP contribution in [0.25, 0.3) is 0 Å². The molecule has 0 aliphatic heterocycles. The summed E-state index contributed by atoms with van der Waals surface area (Å²) in [4.78, 5) is 0. The van der Waals surface area contributed by atoms with Gasteiger partial charge in [-0.25, -0.2) is 4.21 Å². The molecule has 0 bridgehead atoms. The van der Waals surface area contributed by atoms with E-state index in [1.165, 1.54) is 0 Å². The van der Waals surface area contributed by atoms with Gasteiger partial charge in [0, 0.05) is 0 Å². The molecule has 0 saturated carbocycles. The summed E-state index contributed by atoms with van der Waals surface area (Å²) in [5, 5.41) is 0. The fourth-order valence-electron chi connectivity index (χ4n) is 1.02. The Morgan fingerprint density at radius 2 is 1.88 bits per heavy atom. The molecular formula is C12H16ClNOS. The van der Waals surface area contributed by atoms with Crippen molar-refractivity contribution >= 4 is 28.3 Å². The maximum atomic E-state index is 11.9. The molecule has 1 aromatic carbocycles. The van der Waals surface area contributed by atoms with Crippen LogP contribution in [-0.2, 0) is 11.0 Å². The standard InChI is InChI=1S/C12H16ClNOS/c1-12(2,3)16(15)14-11(9-13)10-7-5-4-6-8-10/h4-8H,9H2,1-3H3/b14-11+. The van der Waals surface area contributed by atoms with Gasteiger partial charge in [-0.3, -0.25) is 0 Å². The molecule has 0 heterocycles. The second kappa shape index (κ2) is 5.60. The van der Waals surface area contributed by atoms with Crippen molar-refractivity contribution in [3.8, 4) is 0 Å². The minimum atomic E-state index is -1.26. The second-order valence-electron chi connectivity index (χ2n) is 4.40. The molecule has 0 aliphatic carbocycles. The van der Waals surface area contributed by atoms with Crippen molar-refractivity contribution in [1.29, 1.82) is 0 Å². The van der Waals surface area contributed by atoms with Crippen LogP contribution in [0.3, 0.4) is 0 Å². The van der Waals surface area contributed by atoms with Crippen LogP contribution in [0, 0.1) is 0 Å². The lowest BCUT2D eigenvalue weighted by Crippen LogP contribution is -2.21. The maximum Gasteiger partial charge on any atom is 0.145 e. The molecule has 0 aromatic heterocycles. The van der Waals surface area contributed by atoms with Gasteiger partial charge in [-0.2, -0.15) is 4.40 Å². The zero-order chi connectivity index (χ0) is 12.2. The van der Waals surface area contributed by atoms with Gasteiger partial charge in [0.1, 0.15) is 11.0 Å². The first-order valence-electron chi connectivity index (χ1n) is 5.06. The van der Waals surface area contributed by atoms with Gasteiger partial charge in [0.2, 0.25) is 0 Å². The smallest absolute Gasteiger partial charge is 0.145 e. The van der Waals surface area contributed by atoms with Crippen molar-refractivity contribution in [2.24, 2.45) is 4.40 Å². The predicted molar refractivity (Wildman–Crippen MR) is 71.6 cm³/mol. The van der Waals surface area contributed by atoms with E-state index in [1.807, 2.05) is 51.1 Å². The van der Waals surface area contributed by atoms with Gasteiger partial charge < -0.3 is 0 Å². The van der Waals surface area contributed by atoms with E-state index in [2.05, 4.69) is 4.40 Å². The van der Waals surface area contributed by atoms with Gasteiger partial charge >= 0.3 is 0 Å². The number of hydrogen-bond acceptors (Lipinski definition) is 1. The molecule has 1 unspecified atom stereocenters. The molecule has 4 heteroatoms. The normalized spacial score (nSPS) is 14.9. The molecule has 88 valence electrons. The van der Waals surface area contributed by atoms with Crippen LogP contribution in [0.5, 0.6) is 0 Å². The Kier molecular flexibility index (Phi) is 4.69. The van der Waals surface area contributed by atoms with Crippen molar-refractivity contribution in [2.75, 3.05) is 5.88 Å². The van der Waals surface area contributed by atoms with E-state index in [0.29, 0.717) is 5.71 Å². The third-order valence-electron chi connectivity index (χ3n) is 1.95. The van der Waals surface area contributed by atoms with Crippen LogP contribution in [0.2, 0.25) is 0 Å². The molecule has 0 fully saturated rings. The van der Waals surface area contributed by atoms with Crippen molar-refractivity contribution in [1.82, 2.24) is 0 Å². The number of hydrogen-bond donors (Lipinski definition) is 0. The van der Waals surface area contributed by atoms with E-state index in [-0.39, 0.29) is 10.6 Å². The highest BCUT2D eigenvalue weighted by molar-refractivity contribution is 7.85. The van der Waals surface area contributed by atoms with Crippen LogP contribution in [0.1, 0.15) is 26.3 Å². The van der Waals surface area contributed by atoms with Crippen LogP contribution < -0.4 is 0 Å². The predicted octanol–water partition coefficient (Wildman–Crippen LogP) is 3.18. The number of benzene rings is 1. The summed E-state index contributed by atoms with van der Waals surface area (Å²) in [5.41, 5.74) is 1.60. The van der Waals surface area contributed by atoms with Gasteiger partial charge in [-0.05, 0) is 26.3 Å². The lowest BCUT2D eigenvalue weighted by atomic mass is 10.1. The third-order valence-corrected chi connectivity index (χ3v) is 3.64. The van der Waals surface area contributed by atoms with Crippen molar-refractivity contribution < 1.29 is 4.21 Å². The summed E-state index contributed by atoms with van der Waals surface area (Å²) in [6.07, 6.45) is 0. The average Bonchev–Trinajstić information content (AvgIpc) is 2.25. The van der Waals surface area contributed by atoms with Gasteiger partial charge in [0.05, 0.1) is 16.3 Å². The van der Waals surface area contributed by atoms with E-state index in [1.54, 1.807) is 0 Å². The zero-order valence-corrected chi connectivity index (χ0v) is 11.3. The second-order valence-corrected chi connectivity index (χ2v) is 6.57. The largest absolute Gasteiger partial charge is 0.234 e. The Morgan fingerprint density at radius 3 is 2.31 bits per heavy atom. The monoisotopic (exact) mass is 257 g/mol. The molecule has 1 rings (SSSR count). The van der Waals surface area contributed by atoms with E-state index < -0.39 is 11.0 Å². The lowest BCUT2D eigenvalue weighted by Gasteiger charge is -2.14. The fourth-order valence-corrected chi connectivity index (χ4v) is 1.95. The molecule has 0 amide bonds. The molecule has 0 spiro atoms. The van der Waals surface area contributed by atoms with Gasteiger partial charge in [-0.1, -0.05) is 30.3 Å². The Bertz CT molecular complexity index is 395. The van der Waals surface area contributed by atoms with E-state index in [0.717, 1.165) is 5.56 Å². The molecule has 0 aliphatic rings. The summed E-state index contributed by atoms with van der Waals surface area (Å²) in [7, 11) is -1.26. The van der Waals surface area contributed by atoms with Crippen LogP contribution in [0.15, 0.2) is 34.7 Å². The summed E-state index contributed by atoms with van der Waals surface area (Å²) in [6.45, 7) is 5.68. The van der Waals surface area contributed by atoms with Gasteiger partial charge in [0.15, 0.2) is 0 Å². The number of nitrogens with zero attached hydrogens (tertiary/aromatic N) is 1.